The van der Waals surface area contributed by atoms with E-state index in [1.807, 2.05) is 0 Å². The van der Waals surface area contributed by atoms with Crippen LogP contribution in [0.25, 0.3) is 0 Å². The smallest absolute Gasteiger partial charge is 0.243 e. The second-order valence-electron chi connectivity index (χ2n) is 6.83. The highest BCUT2D eigenvalue weighted by Gasteiger charge is 2.26. The Kier molecular flexibility index (Phi) is 7.40. The summed E-state index contributed by atoms with van der Waals surface area (Å²) >= 11 is 2.78. The Balaban J connectivity index is 1.28. The maximum atomic E-state index is 12.7. The highest BCUT2D eigenvalue weighted by Crippen LogP contribution is 2.28. The maximum absolute atomic E-state index is 12.7. The number of carbonyl (C=O) groups excluding carboxylic acids is 1. The lowest BCUT2D eigenvalue weighted by Crippen LogP contribution is -2.40. The molecule has 4 rings (SSSR count). The topological polar surface area (TPSA) is 114 Å². The zero-order valence-corrected chi connectivity index (χ0v) is 19.2. The van der Waals surface area contributed by atoms with Crippen molar-refractivity contribution in [3.05, 3.63) is 24.3 Å². The summed E-state index contributed by atoms with van der Waals surface area (Å²) in [5.41, 5.74) is 0.540. The third kappa shape index (κ3) is 5.73. The molecule has 2 aliphatic heterocycles. The van der Waals surface area contributed by atoms with Crippen molar-refractivity contribution < 1.29 is 22.7 Å². The van der Waals surface area contributed by atoms with E-state index in [4.69, 9.17) is 9.47 Å². The predicted molar refractivity (Wildman–Crippen MR) is 118 cm³/mol. The van der Waals surface area contributed by atoms with Crippen molar-refractivity contribution in [1.82, 2.24) is 14.5 Å². The van der Waals surface area contributed by atoms with E-state index >= 15 is 0 Å². The zero-order chi connectivity index (χ0) is 21.7. The fourth-order valence-electron chi connectivity index (χ4n) is 3.11. The molecule has 13 heteroatoms. The van der Waals surface area contributed by atoms with Crippen LogP contribution >= 0.6 is 23.1 Å². The minimum atomic E-state index is -3.55. The highest BCUT2D eigenvalue weighted by molar-refractivity contribution is 8.01. The second kappa shape index (κ2) is 10.2. The number of anilines is 2. The summed E-state index contributed by atoms with van der Waals surface area (Å²) in [6, 6.07) is 6.20. The van der Waals surface area contributed by atoms with Crippen molar-refractivity contribution in [3.63, 3.8) is 0 Å². The number of benzene rings is 1. The van der Waals surface area contributed by atoms with Gasteiger partial charge in [0.2, 0.25) is 21.1 Å². The molecule has 1 amide bonds. The van der Waals surface area contributed by atoms with Gasteiger partial charge in [-0.25, -0.2) is 8.42 Å². The fourth-order valence-corrected chi connectivity index (χ4v) is 6.21. The summed E-state index contributed by atoms with van der Waals surface area (Å²) in [4.78, 5) is 14.6. The first-order valence-electron chi connectivity index (χ1n) is 9.79. The summed E-state index contributed by atoms with van der Waals surface area (Å²) in [5, 5.41) is 12.0. The first-order chi connectivity index (χ1) is 15.0. The van der Waals surface area contributed by atoms with Crippen LogP contribution in [0.4, 0.5) is 10.8 Å². The minimum absolute atomic E-state index is 0.186. The van der Waals surface area contributed by atoms with Gasteiger partial charge in [0.1, 0.15) is 0 Å². The Hall–Kier alpha value is -1.77. The predicted octanol–water partition coefficient (Wildman–Crippen LogP) is 1.13. The molecule has 2 saturated heterocycles. The van der Waals surface area contributed by atoms with Crippen LogP contribution in [-0.2, 0) is 24.3 Å². The van der Waals surface area contributed by atoms with Gasteiger partial charge in [0.15, 0.2) is 4.34 Å². The number of hydrogen-bond acceptors (Lipinski definition) is 10. The summed E-state index contributed by atoms with van der Waals surface area (Å²) in [5.74, 6) is -0.0112. The number of carbonyl (C=O) groups is 1. The Morgan fingerprint density at radius 1 is 1.03 bits per heavy atom. The highest BCUT2D eigenvalue weighted by atomic mass is 32.2. The Labute approximate surface area is 189 Å². The molecular weight excluding hydrogens is 462 g/mol. The van der Waals surface area contributed by atoms with Gasteiger partial charge in [-0.1, -0.05) is 23.1 Å². The molecule has 2 aromatic rings. The van der Waals surface area contributed by atoms with Crippen molar-refractivity contribution >= 4 is 49.8 Å². The molecule has 2 fully saturated rings. The molecule has 1 aromatic carbocycles. The number of rotatable bonds is 7. The van der Waals surface area contributed by atoms with Gasteiger partial charge < -0.3 is 19.7 Å². The number of ether oxygens (including phenoxy) is 2. The van der Waals surface area contributed by atoms with Gasteiger partial charge in [-0.15, -0.1) is 10.2 Å². The van der Waals surface area contributed by atoms with Crippen LogP contribution in [0.2, 0.25) is 0 Å². The maximum Gasteiger partial charge on any atom is 0.243 e. The molecule has 0 bridgehead atoms. The van der Waals surface area contributed by atoms with Gasteiger partial charge in [0, 0.05) is 31.9 Å². The standard InChI is InChI=1S/C18H23N5O5S3/c24-16(13-29-18-21-20-17(30-18)22-5-9-27-10-6-22)19-14-1-3-15(4-2-14)31(25,26)23-7-11-28-12-8-23/h1-4H,5-13H2,(H,19,24). The van der Waals surface area contributed by atoms with E-state index < -0.39 is 10.0 Å². The second-order valence-corrected chi connectivity index (χ2v) is 10.9. The van der Waals surface area contributed by atoms with Crippen LogP contribution < -0.4 is 10.2 Å². The molecule has 3 heterocycles. The molecule has 2 aliphatic rings. The third-order valence-electron chi connectivity index (χ3n) is 4.75. The number of hydrogen-bond donors (Lipinski definition) is 1. The summed E-state index contributed by atoms with van der Waals surface area (Å²) in [7, 11) is -3.55. The van der Waals surface area contributed by atoms with Gasteiger partial charge in [-0.2, -0.15) is 4.31 Å². The van der Waals surface area contributed by atoms with Crippen molar-refractivity contribution in [2.45, 2.75) is 9.24 Å². The van der Waals surface area contributed by atoms with E-state index in [1.165, 1.54) is 39.5 Å². The molecule has 0 atom stereocenters. The van der Waals surface area contributed by atoms with Crippen LogP contribution in [0.1, 0.15) is 0 Å². The molecule has 0 spiro atoms. The van der Waals surface area contributed by atoms with E-state index in [0.29, 0.717) is 45.2 Å². The first kappa shape index (κ1) is 22.4. The average molecular weight is 486 g/mol. The summed E-state index contributed by atoms with van der Waals surface area (Å²) < 4.78 is 38.0. The number of nitrogens with zero attached hydrogens (tertiary/aromatic N) is 4. The first-order valence-corrected chi connectivity index (χ1v) is 13.0. The molecule has 0 saturated carbocycles. The minimum Gasteiger partial charge on any atom is -0.379 e. The molecule has 10 nitrogen and oxygen atoms in total. The van der Waals surface area contributed by atoms with Gasteiger partial charge in [-0.05, 0) is 24.3 Å². The van der Waals surface area contributed by atoms with Crippen LogP contribution in [-0.4, -0.2) is 87.2 Å². The number of morpholine rings is 2. The van der Waals surface area contributed by atoms with Crippen molar-refractivity contribution in [2.24, 2.45) is 0 Å². The molecule has 1 aromatic heterocycles. The molecule has 0 aliphatic carbocycles. The molecule has 168 valence electrons. The van der Waals surface area contributed by atoms with Gasteiger partial charge in [0.25, 0.3) is 0 Å². The Morgan fingerprint density at radius 3 is 2.35 bits per heavy atom. The average Bonchev–Trinajstić information content (AvgIpc) is 3.28. The Morgan fingerprint density at radius 2 is 1.68 bits per heavy atom. The molecular formula is C18H23N5O5S3. The van der Waals surface area contributed by atoms with Gasteiger partial charge in [-0.3, -0.25) is 4.79 Å². The van der Waals surface area contributed by atoms with E-state index in [-0.39, 0.29) is 16.6 Å². The van der Waals surface area contributed by atoms with Crippen molar-refractivity contribution in [1.29, 1.82) is 0 Å². The lowest BCUT2D eigenvalue weighted by atomic mass is 10.3. The largest absolute Gasteiger partial charge is 0.379 e. The summed E-state index contributed by atoms with van der Waals surface area (Å²) in [6.07, 6.45) is 0. The Bertz CT molecular complexity index is 986. The normalized spacial score (nSPS) is 18.1. The molecule has 0 unspecified atom stereocenters. The fraction of sp³-hybridized carbons (Fsp3) is 0.500. The van der Waals surface area contributed by atoms with Gasteiger partial charge in [0.05, 0.1) is 37.1 Å². The number of amides is 1. The van der Waals surface area contributed by atoms with E-state index in [9.17, 15) is 13.2 Å². The van der Waals surface area contributed by atoms with Crippen LogP contribution in [0, 0.1) is 0 Å². The number of thioether (sulfide) groups is 1. The lowest BCUT2D eigenvalue weighted by molar-refractivity contribution is -0.113. The number of sulfonamides is 1. The zero-order valence-electron chi connectivity index (χ0n) is 16.7. The van der Waals surface area contributed by atoms with Crippen LogP contribution in [0.15, 0.2) is 33.5 Å². The number of nitrogens with one attached hydrogen (secondary N) is 1. The summed E-state index contributed by atoms with van der Waals surface area (Å²) in [6.45, 7) is 4.41. The molecule has 1 N–H and O–H groups in total. The van der Waals surface area contributed by atoms with E-state index in [1.54, 1.807) is 12.1 Å². The van der Waals surface area contributed by atoms with Crippen molar-refractivity contribution in [3.8, 4) is 0 Å². The third-order valence-corrected chi connectivity index (χ3v) is 8.78. The van der Waals surface area contributed by atoms with Crippen LogP contribution in [0.5, 0.6) is 0 Å². The van der Waals surface area contributed by atoms with E-state index in [0.717, 1.165) is 22.6 Å². The van der Waals surface area contributed by atoms with E-state index in [2.05, 4.69) is 20.4 Å². The van der Waals surface area contributed by atoms with Crippen LogP contribution in [0.3, 0.4) is 0 Å². The molecule has 31 heavy (non-hydrogen) atoms. The molecule has 0 radical (unpaired) electrons. The SMILES string of the molecule is O=C(CSc1nnc(N2CCOCC2)s1)Nc1ccc(S(=O)(=O)N2CCOCC2)cc1. The lowest BCUT2D eigenvalue weighted by Gasteiger charge is -2.26. The quantitative estimate of drug-likeness (QED) is 0.576. The monoisotopic (exact) mass is 485 g/mol. The van der Waals surface area contributed by atoms with Gasteiger partial charge >= 0.3 is 0 Å². The number of aromatic nitrogens is 2. The van der Waals surface area contributed by atoms with Crippen molar-refractivity contribution in [2.75, 3.05) is 68.6 Å².